The Labute approximate surface area is 208 Å². The molecule has 0 aliphatic carbocycles. The SMILES string of the molecule is COc1nc(N[C@H]2CCN(C(=O)CO)C[C@H]2F)nn2cc(F)c(-c3ccc4nnn(CCCF)c4c3)c12. The zero-order valence-electron chi connectivity index (χ0n) is 19.9. The number of hydrogen-bond acceptors (Lipinski definition) is 8. The minimum Gasteiger partial charge on any atom is -0.479 e. The van der Waals surface area contributed by atoms with Gasteiger partial charge in [0.1, 0.15) is 23.8 Å². The van der Waals surface area contributed by atoms with E-state index in [4.69, 9.17) is 9.84 Å². The monoisotopic (exact) mass is 518 g/mol. The number of benzene rings is 1. The first-order chi connectivity index (χ1) is 17.9. The molecule has 2 atom stereocenters. The molecule has 4 heterocycles. The third kappa shape index (κ3) is 4.63. The van der Waals surface area contributed by atoms with Gasteiger partial charge in [0.05, 0.1) is 43.6 Å². The number of aryl methyl sites for hydroxylation is 1. The fourth-order valence-electron chi connectivity index (χ4n) is 4.55. The van der Waals surface area contributed by atoms with E-state index in [0.29, 0.717) is 23.1 Å². The van der Waals surface area contributed by atoms with E-state index >= 15 is 4.39 Å². The van der Waals surface area contributed by atoms with Gasteiger partial charge < -0.3 is 20.1 Å². The molecule has 11 nitrogen and oxygen atoms in total. The van der Waals surface area contributed by atoms with Gasteiger partial charge in [0.15, 0.2) is 5.82 Å². The van der Waals surface area contributed by atoms with Gasteiger partial charge in [-0.25, -0.2) is 18.0 Å². The Hall–Kier alpha value is -3.94. The Bertz CT molecular complexity index is 1440. The molecule has 0 saturated carbocycles. The molecule has 0 spiro atoms. The number of methoxy groups -OCH3 is 1. The molecular weight excluding hydrogens is 493 g/mol. The third-order valence-electron chi connectivity index (χ3n) is 6.40. The van der Waals surface area contributed by atoms with Crippen molar-refractivity contribution in [2.45, 2.75) is 31.6 Å². The van der Waals surface area contributed by atoms with Gasteiger partial charge in [-0.05, 0) is 30.5 Å². The quantitative estimate of drug-likeness (QED) is 0.363. The number of aliphatic hydroxyl groups excluding tert-OH is 1. The van der Waals surface area contributed by atoms with E-state index in [1.54, 1.807) is 22.9 Å². The number of carbonyl (C=O) groups excluding carboxylic acids is 1. The number of halogens is 3. The van der Waals surface area contributed by atoms with Crippen LogP contribution in [0.3, 0.4) is 0 Å². The van der Waals surface area contributed by atoms with Crippen LogP contribution < -0.4 is 10.1 Å². The molecular formula is C23H25F3N8O3. The summed E-state index contributed by atoms with van der Waals surface area (Å²) in [4.78, 5) is 17.3. The molecule has 1 amide bonds. The standard InChI is InChI=1S/C23H25F3N8O3/c1-37-22-21-20(13-3-4-17-18(9-13)33(31-29-17)7-2-6-24)15(26)11-34(21)30-23(28-22)27-16-5-8-32(10-14(16)25)19(36)12-35/h3-4,9,11,14,16,35H,2,5-8,10,12H2,1H3,(H,27,30)/t14-,16+/m1/s1. The number of aliphatic hydroxyl groups is 1. The number of piperidine rings is 1. The molecule has 37 heavy (non-hydrogen) atoms. The molecule has 0 radical (unpaired) electrons. The van der Waals surface area contributed by atoms with Crippen molar-refractivity contribution in [1.82, 2.24) is 34.5 Å². The van der Waals surface area contributed by atoms with Gasteiger partial charge in [0.25, 0.3) is 0 Å². The Balaban J connectivity index is 1.47. The first-order valence-electron chi connectivity index (χ1n) is 11.7. The molecule has 0 unspecified atom stereocenters. The van der Waals surface area contributed by atoms with E-state index in [2.05, 4.69) is 25.7 Å². The maximum absolute atomic E-state index is 15.3. The Kier molecular flexibility index (Phi) is 6.82. The summed E-state index contributed by atoms with van der Waals surface area (Å²) in [6, 6.07) is 4.41. The highest BCUT2D eigenvalue weighted by molar-refractivity contribution is 5.89. The lowest BCUT2D eigenvalue weighted by atomic mass is 10.0. The zero-order valence-corrected chi connectivity index (χ0v) is 19.9. The minimum absolute atomic E-state index is 0.0319. The Morgan fingerprint density at radius 2 is 2.19 bits per heavy atom. The van der Waals surface area contributed by atoms with E-state index in [9.17, 15) is 13.6 Å². The summed E-state index contributed by atoms with van der Waals surface area (Å²) in [5, 5.41) is 24.4. The molecule has 3 aromatic heterocycles. The van der Waals surface area contributed by atoms with E-state index in [1.807, 2.05) is 0 Å². The molecule has 196 valence electrons. The highest BCUT2D eigenvalue weighted by Crippen LogP contribution is 2.35. The molecule has 1 aromatic carbocycles. The molecule has 1 aliphatic rings. The van der Waals surface area contributed by atoms with Crippen LogP contribution in [-0.4, -0.2) is 91.2 Å². The lowest BCUT2D eigenvalue weighted by Crippen LogP contribution is -2.50. The summed E-state index contributed by atoms with van der Waals surface area (Å²) < 4.78 is 51.0. The average Bonchev–Trinajstić information content (AvgIpc) is 3.46. The summed E-state index contributed by atoms with van der Waals surface area (Å²) in [6.45, 7) is -0.740. The fourth-order valence-corrected chi connectivity index (χ4v) is 4.55. The first kappa shape index (κ1) is 24.7. The van der Waals surface area contributed by atoms with E-state index in [-0.39, 0.29) is 48.8 Å². The second-order valence-corrected chi connectivity index (χ2v) is 8.70. The minimum atomic E-state index is -1.42. The Morgan fingerprint density at radius 1 is 1.35 bits per heavy atom. The largest absolute Gasteiger partial charge is 0.479 e. The van der Waals surface area contributed by atoms with Crippen LogP contribution in [0.4, 0.5) is 19.1 Å². The van der Waals surface area contributed by atoms with Crippen molar-refractivity contribution in [3.63, 3.8) is 0 Å². The number of alkyl halides is 2. The lowest BCUT2D eigenvalue weighted by Gasteiger charge is -2.34. The van der Waals surface area contributed by atoms with Gasteiger partial charge in [0.2, 0.25) is 17.7 Å². The number of hydrogen-bond donors (Lipinski definition) is 2. The van der Waals surface area contributed by atoms with Crippen molar-refractivity contribution >= 4 is 28.4 Å². The van der Waals surface area contributed by atoms with Crippen molar-refractivity contribution in [3.8, 4) is 17.0 Å². The highest BCUT2D eigenvalue weighted by atomic mass is 19.1. The molecule has 4 aromatic rings. The van der Waals surface area contributed by atoms with Crippen molar-refractivity contribution in [2.75, 3.05) is 38.8 Å². The van der Waals surface area contributed by atoms with Crippen LogP contribution in [0.2, 0.25) is 0 Å². The maximum atomic E-state index is 15.3. The zero-order chi connectivity index (χ0) is 26.1. The molecule has 2 N–H and O–H groups in total. The van der Waals surface area contributed by atoms with Crippen molar-refractivity contribution < 1.29 is 27.8 Å². The molecule has 0 bridgehead atoms. The van der Waals surface area contributed by atoms with E-state index < -0.39 is 37.2 Å². The van der Waals surface area contributed by atoms with Crippen LogP contribution in [0, 0.1) is 5.82 Å². The van der Waals surface area contributed by atoms with Crippen LogP contribution in [0.5, 0.6) is 5.88 Å². The number of fused-ring (bicyclic) bond motifs is 2. The van der Waals surface area contributed by atoms with Crippen LogP contribution in [-0.2, 0) is 11.3 Å². The number of aromatic nitrogens is 6. The third-order valence-corrected chi connectivity index (χ3v) is 6.40. The second kappa shape index (κ2) is 10.2. The average molecular weight is 519 g/mol. The number of nitrogens with one attached hydrogen (secondary N) is 1. The second-order valence-electron chi connectivity index (χ2n) is 8.70. The van der Waals surface area contributed by atoms with Gasteiger partial charge in [-0.2, -0.15) is 4.98 Å². The smallest absolute Gasteiger partial charge is 0.248 e. The van der Waals surface area contributed by atoms with E-state index in [1.165, 1.54) is 22.7 Å². The number of amides is 1. The van der Waals surface area contributed by atoms with Crippen LogP contribution in [0.1, 0.15) is 12.8 Å². The summed E-state index contributed by atoms with van der Waals surface area (Å²) >= 11 is 0. The summed E-state index contributed by atoms with van der Waals surface area (Å²) in [5.41, 5.74) is 2.19. The van der Waals surface area contributed by atoms with Crippen LogP contribution in [0.15, 0.2) is 24.4 Å². The molecule has 5 rings (SSSR count). The number of carbonyl (C=O) groups is 1. The number of anilines is 1. The van der Waals surface area contributed by atoms with Crippen LogP contribution in [0.25, 0.3) is 27.7 Å². The van der Waals surface area contributed by atoms with Crippen LogP contribution >= 0.6 is 0 Å². The predicted molar refractivity (Wildman–Crippen MR) is 127 cm³/mol. The maximum Gasteiger partial charge on any atom is 0.248 e. The molecule has 1 aliphatic heterocycles. The van der Waals surface area contributed by atoms with Gasteiger partial charge in [-0.1, -0.05) is 11.3 Å². The van der Waals surface area contributed by atoms with Crippen molar-refractivity contribution in [3.05, 3.63) is 30.2 Å². The first-order valence-corrected chi connectivity index (χ1v) is 11.7. The highest BCUT2D eigenvalue weighted by Gasteiger charge is 2.32. The number of likely N-dealkylation sites (tertiary alicyclic amines) is 1. The van der Waals surface area contributed by atoms with Gasteiger partial charge in [0, 0.05) is 13.1 Å². The molecule has 14 heteroatoms. The molecule has 1 saturated heterocycles. The normalized spacial score (nSPS) is 18.0. The fraction of sp³-hybridized carbons (Fsp3) is 0.435. The summed E-state index contributed by atoms with van der Waals surface area (Å²) in [6.07, 6.45) is 0.305. The topological polar surface area (TPSA) is 123 Å². The van der Waals surface area contributed by atoms with Gasteiger partial charge in [-0.15, -0.1) is 10.2 Å². The Morgan fingerprint density at radius 3 is 2.92 bits per heavy atom. The van der Waals surface area contributed by atoms with E-state index in [0.717, 1.165) is 0 Å². The predicted octanol–water partition coefficient (Wildman–Crippen LogP) is 1.99. The number of rotatable bonds is 8. The van der Waals surface area contributed by atoms with Gasteiger partial charge >= 0.3 is 0 Å². The number of nitrogens with zero attached hydrogens (tertiary/aromatic N) is 7. The number of ether oxygens (including phenoxy) is 1. The van der Waals surface area contributed by atoms with Crippen molar-refractivity contribution in [2.24, 2.45) is 0 Å². The lowest BCUT2D eigenvalue weighted by molar-refractivity contribution is -0.136. The summed E-state index contributed by atoms with van der Waals surface area (Å²) in [7, 11) is 1.39. The summed E-state index contributed by atoms with van der Waals surface area (Å²) in [5.74, 6) is -1.01. The van der Waals surface area contributed by atoms with Crippen molar-refractivity contribution in [1.29, 1.82) is 0 Å². The van der Waals surface area contributed by atoms with Gasteiger partial charge in [-0.3, -0.25) is 9.18 Å². The molecule has 1 fully saturated rings.